The molecule has 1 aliphatic rings. The third-order valence-electron chi connectivity index (χ3n) is 3.92. The number of carbonyl (C=O) groups excluding carboxylic acids is 1. The van der Waals surface area contributed by atoms with Gasteiger partial charge in [0.1, 0.15) is 6.61 Å². The van der Waals surface area contributed by atoms with Crippen molar-refractivity contribution in [2.75, 3.05) is 0 Å². The summed E-state index contributed by atoms with van der Waals surface area (Å²) in [5, 5.41) is 7.73. The zero-order valence-electron chi connectivity index (χ0n) is 13.0. The van der Waals surface area contributed by atoms with E-state index >= 15 is 0 Å². The number of hydrogen-bond acceptors (Lipinski definition) is 5. The molecule has 24 heavy (non-hydrogen) atoms. The highest BCUT2D eigenvalue weighted by molar-refractivity contribution is 5.89. The van der Waals surface area contributed by atoms with Crippen LogP contribution in [-0.2, 0) is 24.4 Å². The zero-order chi connectivity index (χ0) is 16.4. The van der Waals surface area contributed by atoms with Crippen LogP contribution in [0.3, 0.4) is 0 Å². The second-order valence-electron chi connectivity index (χ2n) is 5.62. The smallest absolute Gasteiger partial charge is 0.340 e. The molecular weight excluding hydrogens is 304 g/mol. The highest BCUT2D eigenvalue weighted by atomic mass is 16.5. The monoisotopic (exact) mass is 320 g/mol. The fraction of sp³-hybridized carbons (Fsp3) is 0.167. The first-order valence-electron chi connectivity index (χ1n) is 7.75. The van der Waals surface area contributed by atoms with E-state index in [1.54, 1.807) is 16.8 Å². The van der Waals surface area contributed by atoms with Crippen LogP contribution in [0.1, 0.15) is 27.2 Å². The molecule has 6 heteroatoms. The van der Waals surface area contributed by atoms with Crippen molar-refractivity contribution < 1.29 is 9.53 Å². The lowest BCUT2D eigenvalue weighted by Gasteiger charge is -2.06. The van der Waals surface area contributed by atoms with Crippen molar-refractivity contribution in [2.45, 2.75) is 19.7 Å². The number of aromatic nitrogens is 3. The Morgan fingerprint density at radius 3 is 2.79 bits per heavy atom. The van der Waals surface area contributed by atoms with Crippen LogP contribution in [0.4, 0.5) is 0 Å². The summed E-state index contributed by atoms with van der Waals surface area (Å²) in [5.41, 5.74) is 3.61. The van der Waals surface area contributed by atoms with Gasteiger partial charge in [0, 0.05) is 31.0 Å². The van der Waals surface area contributed by atoms with Crippen molar-refractivity contribution in [3.8, 4) is 5.82 Å². The van der Waals surface area contributed by atoms with Crippen molar-refractivity contribution in [3.05, 3.63) is 77.2 Å². The first-order valence-corrected chi connectivity index (χ1v) is 7.75. The van der Waals surface area contributed by atoms with Gasteiger partial charge < -0.3 is 10.1 Å². The number of pyridine rings is 1. The summed E-state index contributed by atoms with van der Waals surface area (Å²) in [5.74, 6) is 0.300. The molecular formula is C18H16N4O2. The number of fused-ring (bicyclic) bond motifs is 1. The van der Waals surface area contributed by atoms with Crippen LogP contribution < -0.4 is 5.32 Å². The summed E-state index contributed by atoms with van der Waals surface area (Å²) in [4.78, 5) is 16.4. The van der Waals surface area contributed by atoms with Gasteiger partial charge in [0.05, 0.1) is 11.3 Å². The molecule has 2 aromatic heterocycles. The molecule has 4 rings (SSSR count). The van der Waals surface area contributed by atoms with Gasteiger partial charge in [-0.25, -0.2) is 14.5 Å². The van der Waals surface area contributed by atoms with Crippen molar-refractivity contribution in [1.29, 1.82) is 0 Å². The van der Waals surface area contributed by atoms with Crippen molar-refractivity contribution in [1.82, 2.24) is 20.1 Å². The van der Waals surface area contributed by atoms with E-state index in [2.05, 4.69) is 15.4 Å². The minimum Gasteiger partial charge on any atom is -0.457 e. The third-order valence-corrected chi connectivity index (χ3v) is 3.92. The Morgan fingerprint density at radius 2 is 2.04 bits per heavy atom. The highest BCUT2D eigenvalue weighted by Crippen LogP contribution is 2.16. The Labute approximate surface area is 139 Å². The molecule has 1 N–H and O–H groups in total. The summed E-state index contributed by atoms with van der Waals surface area (Å²) in [6.07, 6.45) is 3.48. The molecule has 0 spiro atoms. The Bertz CT molecular complexity index is 835. The Kier molecular flexibility index (Phi) is 3.80. The molecule has 0 amide bonds. The Morgan fingerprint density at radius 1 is 1.17 bits per heavy atom. The second-order valence-corrected chi connectivity index (χ2v) is 5.62. The molecule has 0 aliphatic carbocycles. The summed E-state index contributed by atoms with van der Waals surface area (Å²) >= 11 is 0. The number of nitrogens with one attached hydrogen (secondary N) is 1. The molecule has 6 nitrogen and oxygen atoms in total. The maximum absolute atomic E-state index is 12.1. The van der Waals surface area contributed by atoms with E-state index in [-0.39, 0.29) is 12.6 Å². The van der Waals surface area contributed by atoms with E-state index < -0.39 is 0 Å². The zero-order valence-corrected chi connectivity index (χ0v) is 13.0. The van der Waals surface area contributed by atoms with Gasteiger partial charge in [0.2, 0.25) is 0 Å². The molecule has 1 aliphatic heterocycles. The van der Waals surface area contributed by atoms with Gasteiger partial charge in [-0.2, -0.15) is 5.10 Å². The molecule has 0 saturated carbocycles. The van der Waals surface area contributed by atoms with Crippen molar-refractivity contribution in [3.63, 3.8) is 0 Å². The number of rotatable bonds is 4. The molecule has 120 valence electrons. The molecule has 0 fully saturated rings. The van der Waals surface area contributed by atoms with E-state index in [4.69, 9.17) is 4.74 Å². The molecule has 0 radical (unpaired) electrons. The van der Waals surface area contributed by atoms with Gasteiger partial charge in [0.15, 0.2) is 5.82 Å². The van der Waals surface area contributed by atoms with Crippen LogP contribution in [-0.4, -0.2) is 20.7 Å². The van der Waals surface area contributed by atoms with Crippen LogP contribution in [0.5, 0.6) is 0 Å². The van der Waals surface area contributed by atoms with Gasteiger partial charge in [-0.1, -0.05) is 30.3 Å². The minimum absolute atomic E-state index is 0.250. The molecule has 3 aromatic rings. The van der Waals surface area contributed by atoms with Crippen LogP contribution in [0, 0.1) is 0 Å². The van der Waals surface area contributed by atoms with E-state index in [0.29, 0.717) is 11.4 Å². The average molecular weight is 320 g/mol. The summed E-state index contributed by atoms with van der Waals surface area (Å²) in [6.45, 7) is 1.87. The SMILES string of the molecule is O=C(OCc1ccccc1)c1ccc(-n2cc3c(n2)CNC3)nc1. The van der Waals surface area contributed by atoms with Crippen LogP contribution in [0.15, 0.2) is 54.9 Å². The number of carbonyl (C=O) groups is 1. The third kappa shape index (κ3) is 2.91. The lowest BCUT2D eigenvalue weighted by atomic mass is 10.2. The molecule has 0 saturated heterocycles. The standard InChI is InChI=1S/C18H16N4O2/c23-18(24-12-13-4-2-1-3-5-13)14-6-7-17(20-9-14)22-11-15-8-19-10-16(15)21-22/h1-7,9,11,19H,8,10,12H2. The van der Waals surface area contributed by atoms with Crippen molar-refractivity contribution in [2.24, 2.45) is 0 Å². The largest absolute Gasteiger partial charge is 0.457 e. The lowest BCUT2D eigenvalue weighted by Crippen LogP contribution is -2.08. The van der Waals surface area contributed by atoms with Gasteiger partial charge in [0.25, 0.3) is 0 Å². The predicted molar refractivity (Wildman–Crippen MR) is 87.5 cm³/mol. The maximum Gasteiger partial charge on any atom is 0.340 e. The fourth-order valence-corrected chi connectivity index (χ4v) is 2.62. The van der Waals surface area contributed by atoms with Crippen molar-refractivity contribution >= 4 is 5.97 Å². The van der Waals surface area contributed by atoms with Gasteiger partial charge in [-0.3, -0.25) is 0 Å². The van der Waals surface area contributed by atoms with E-state index in [0.717, 1.165) is 24.3 Å². The fourth-order valence-electron chi connectivity index (χ4n) is 2.62. The molecule has 0 unspecified atom stereocenters. The quantitative estimate of drug-likeness (QED) is 0.747. The summed E-state index contributed by atoms with van der Waals surface area (Å²) < 4.78 is 7.04. The first kappa shape index (κ1) is 14.6. The normalized spacial score (nSPS) is 12.8. The summed E-state index contributed by atoms with van der Waals surface area (Å²) in [7, 11) is 0. The summed E-state index contributed by atoms with van der Waals surface area (Å²) in [6, 6.07) is 13.1. The average Bonchev–Trinajstić information content (AvgIpc) is 3.23. The Hall–Kier alpha value is -2.99. The Balaban J connectivity index is 1.44. The predicted octanol–water partition coefficient (Wildman–Crippen LogP) is 2.23. The highest BCUT2D eigenvalue weighted by Gasteiger charge is 2.16. The number of benzene rings is 1. The molecule has 3 heterocycles. The van der Waals surface area contributed by atoms with Crippen LogP contribution in [0.25, 0.3) is 5.82 Å². The second kappa shape index (κ2) is 6.25. The lowest BCUT2D eigenvalue weighted by molar-refractivity contribution is 0.0472. The maximum atomic E-state index is 12.1. The van der Waals surface area contributed by atoms with Gasteiger partial charge in [-0.15, -0.1) is 0 Å². The minimum atomic E-state index is -0.384. The number of esters is 1. The first-order chi connectivity index (χ1) is 11.8. The van der Waals surface area contributed by atoms with Gasteiger partial charge in [-0.05, 0) is 17.7 Å². The number of nitrogens with zero attached hydrogens (tertiary/aromatic N) is 3. The topological polar surface area (TPSA) is 69.0 Å². The molecule has 1 aromatic carbocycles. The molecule has 0 atom stereocenters. The van der Waals surface area contributed by atoms with E-state index in [1.807, 2.05) is 36.5 Å². The van der Waals surface area contributed by atoms with E-state index in [1.165, 1.54) is 11.8 Å². The van der Waals surface area contributed by atoms with Crippen LogP contribution >= 0.6 is 0 Å². The number of ether oxygens (including phenoxy) is 1. The number of hydrogen-bond donors (Lipinski definition) is 1. The van der Waals surface area contributed by atoms with Gasteiger partial charge >= 0.3 is 5.97 Å². The molecule has 0 bridgehead atoms. The van der Waals surface area contributed by atoms with Crippen LogP contribution in [0.2, 0.25) is 0 Å². The van der Waals surface area contributed by atoms with E-state index in [9.17, 15) is 4.79 Å².